The molecule has 0 fully saturated rings. The Balaban J connectivity index is 2.79. The molecule has 14 heavy (non-hydrogen) atoms. The standard InChI is InChI=1S/C9H11Br2NOS/c1-6-5-7(14-8(6)11)9(13)12(2)4-3-10/h5H,3-4H2,1-2H3. The normalized spacial score (nSPS) is 10.3. The van der Waals surface area contributed by atoms with Gasteiger partial charge in [0.15, 0.2) is 0 Å². The van der Waals surface area contributed by atoms with Crippen LogP contribution in [0.15, 0.2) is 9.85 Å². The van der Waals surface area contributed by atoms with E-state index >= 15 is 0 Å². The minimum Gasteiger partial charge on any atom is -0.340 e. The van der Waals surface area contributed by atoms with Crippen LogP contribution in [0.3, 0.4) is 0 Å². The molecule has 0 aliphatic heterocycles. The first-order valence-corrected chi connectivity index (χ1v) is 6.86. The highest BCUT2D eigenvalue weighted by Gasteiger charge is 2.14. The van der Waals surface area contributed by atoms with Gasteiger partial charge in [-0.3, -0.25) is 4.79 Å². The van der Waals surface area contributed by atoms with Crippen LogP contribution in [0.4, 0.5) is 0 Å². The summed E-state index contributed by atoms with van der Waals surface area (Å²) >= 11 is 8.21. The van der Waals surface area contributed by atoms with Gasteiger partial charge in [0.05, 0.1) is 8.66 Å². The third kappa shape index (κ3) is 2.81. The second-order valence-corrected chi connectivity index (χ2v) is 6.15. The lowest BCUT2D eigenvalue weighted by molar-refractivity contribution is 0.0808. The van der Waals surface area contributed by atoms with Crippen molar-refractivity contribution in [2.45, 2.75) is 6.92 Å². The first kappa shape index (κ1) is 12.2. The van der Waals surface area contributed by atoms with E-state index in [4.69, 9.17) is 0 Å². The predicted molar refractivity (Wildman–Crippen MR) is 67.5 cm³/mol. The van der Waals surface area contributed by atoms with Crippen molar-refractivity contribution in [3.8, 4) is 0 Å². The lowest BCUT2D eigenvalue weighted by atomic mass is 10.3. The van der Waals surface area contributed by atoms with Gasteiger partial charge < -0.3 is 4.90 Å². The van der Waals surface area contributed by atoms with Crippen LogP contribution < -0.4 is 0 Å². The molecule has 0 radical (unpaired) electrons. The SMILES string of the molecule is Cc1cc(C(=O)N(C)CCBr)sc1Br. The number of rotatable bonds is 3. The monoisotopic (exact) mass is 339 g/mol. The Kier molecular flexibility index (Phi) is 4.60. The summed E-state index contributed by atoms with van der Waals surface area (Å²) in [6, 6.07) is 1.92. The highest BCUT2D eigenvalue weighted by Crippen LogP contribution is 2.27. The molecule has 0 saturated carbocycles. The summed E-state index contributed by atoms with van der Waals surface area (Å²) in [5.74, 6) is 0.0863. The van der Waals surface area contributed by atoms with Crippen LogP contribution in [-0.2, 0) is 0 Å². The van der Waals surface area contributed by atoms with E-state index in [9.17, 15) is 4.79 Å². The molecular weight excluding hydrogens is 330 g/mol. The average Bonchev–Trinajstić information content (AvgIpc) is 2.46. The summed E-state index contributed by atoms with van der Waals surface area (Å²) in [7, 11) is 1.81. The molecule has 0 unspecified atom stereocenters. The molecule has 0 aromatic carbocycles. The molecule has 1 amide bonds. The van der Waals surface area contributed by atoms with Crippen LogP contribution >= 0.6 is 43.2 Å². The third-order valence-electron chi connectivity index (χ3n) is 1.83. The van der Waals surface area contributed by atoms with Gasteiger partial charge in [-0.25, -0.2) is 0 Å². The van der Waals surface area contributed by atoms with Gasteiger partial charge in [0.1, 0.15) is 0 Å². The van der Waals surface area contributed by atoms with Gasteiger partial charge in [0, 0.05) is 18.9 Å². The maximum Gasteiger partial charge on any atom is 0.263 e. The van der Waals surface area contributed by atoms with Crippen LogP contribution in [0.2, 0.25) is 0 Å². The number of amides is 1. The molecule has 0 atom stereocenters. The van der Waals surface area contributed by atoms with Crippen molar-refractivity contribution in [3.63, 3.8) is 0 Å². The molecule has 0 aliphatic carbocycles. The molecule has 1 rings (SSSR count). The minimum atomic E-state index is 0.0863. The van der Waals surface area contributed by atoms with E-state index in [-0.39, 0.29) is 5.91 Å². The summed E-state index contributed by atoms with van der Waals surface area (Å²) in [5, 5.41) is 0.806. The van der Waals surface area contributed by atoms with Crippen molar-refractivity contribution in [2.24, 2.45) is 0 Å². The van der Waals surface area contributed by atoms with Crippen LogP contribution in [0, 0.1) is 6.92 Å². The van der Waals surface area contributed by atoms with Crippen molar-refractivity contribution >= 4 is 49.1 Å². The highest BCUT2D eigenvalue weighted by atomic mass is 79.9. The molecule has 0 bridgehead atoms. The van der Waals surface area contributed by atoms with E-state index in [0.29, 0.717) is 0 Å². The molecule has 0 aliphatic rings. The van der Waals surface area contributed by atoms with Crippen molar-refractivity contribution < 1.29 is 4.79 Å². The summed E-state index contributed by atoms with van der Waals surface area (Å²) in [5.41, 5.74) is 1.12. The lowest BCUT2D eigenvalue weighted by Crippen LogP contribution is -2.27. The van der Waals surface area contributed by atoms with Crippen molar-refractivity contribution in [1.29, 1.82) is 0 Å². The zero-order chi connectivity index (χ0) is 10.7. The Morgan fingerprint density at radius 3 is 2.71 bits per heavy atom. The molecule has 5 heteroatoms. The summed E-state index contributed by atoms with van der Waals surface area (Å²) in [6.45, 7) is 2.72. The minimum absolute atomic E-state index is 0.0863. The van der Waals surface area contributed by atoms with Gasteiger partial charge in [-0.05, 0) is 34.5 Å². The second-order valence-electron chi connectivity index (χ2n) is 2.98. The van der Waals surface area contributed by atoms with Crippen LogP contribution in [0.5, 0.6) is 0 Å². The van der Waals surface area contributed by atoms with Gasteiger partial charge in [0.25, 0.3) is 5.91 Å². The number of carbonyl (C=O) groups is 1. The number of carbonyl (C=O) groups excluding carboxylic acids is 1. The molecule has 78 valence electrons. The van der Waals surface area contributed by atoms with Crippen molar-refractivity contribution in [1.82, 2.24) is 4.90 Å². The first-order valence-electron chi connectivity index (χ1n) is 4.13. The number of aryl methyl sites for hydroxylation is 1. The Morgan fingerprint density at radius 2 is 2.29 bits per heavy atom. The van der Waals surface area contributed by atoms with E-state index < -0.39 is 0 Å². The maximum absolute atomic E-state index is 11.8. The van der Waals surface area contributed by atoms with Gasteiger partial charge in [0.2, 0.25) is 0 Å². The fraction of sp³-hybridized carbons (Fsp3) is 0.444. The fourth-order valence-electron chi connectivity index (χ4n) is 0.982. The molecule has 0 N–H and O–H groups in total. The summed E-state index contributed by atoms with van der Waals surface area (Å²) in [6.07, 6.45) is 0. The largest absolute Gasteiger partial charge is 0.340 e. The number of hydrogen-bond donors (Lipinski definition) is 0. The fourth-order valence-corrected chi connectivity index (χ4v) is 3.04. The Morgan fingerprint density at radius 1 is 1.64 bits per heavy atom. The topological polar surface area (TPSA) is 20.3 Å². The van der Waals surface area contributed by atoms with Gasteiger partial charge >= 0.3 is 0 Å². The van der Waals surface area contributed by atoms with Crippen LogP contribution in [-0.4, -0.2) is 29.7 Å². The quantitative estimate of drug-likeness (QED) is 0.773. The number of thiophene rings is 1. The van der Waals surface area contributed by atoms with Gasteiger partial charge in [-0.2, -0.15) is 0 Å². The predicted octanol–water partition coefficient (Wildman–Crippen LogP) is 3.29. The van der Waals surface area contributed by atoms with Crippen molar-refractivity contribution in [3.05, 3.63) is 20.3 Å². The van der Waals surface area contributed by atoms with Gasteiger partial charge in [-0.1, -0.05) is 15.9 Å². The Hall–Kier alpha value is 0.130. The lowest BCUT2D eigenvalue weighted by Gasteiger charge is -2.13. The molecule has 0 saturated heterocycles. The van der Waals surface area contributed by atoms with Crippen LogP contribution in [0.1, 0.15) is 15.2 Å². The maximum atomic E-state index is 11.8. The number of alkyl halides is 1. The average molecular weight is 341 g/mol. The molecular formula is C9H11Br2NOS. The molecule has 1 aromatic heterocycles. The molecule has 1 aromatic rings. The van der Waals surface area contributed by atoms with E-state index in [1.54, 1.807) is 4.90 Å². The Labute approximate surface area is 105 Å². The number of nitrogens with zero attached hydrogens (tertiary/aromatic N) is 1. The van der Waals surface area contributed by atoms with E-state index in [2.05, 4.69) is 31.9 Å². The second kappa shape index (κ2) is 5.28. The van der Waals surface area contributed by atoms with E-state index in [0.717, 1.165) is 26.1 Å². The summed E-state index contributed by atoms with van der Waals surface area (Å²) in [4.78, 5) is 14.3. The molecule has 1 heterocycles. The van der Waals surface area contributed by atoms with Crippen LogP contribution in [0.25, 0.3) is 0 Å². The molecule has 0 spiro atoms. The zero-order valence-corrected chi connectivity index (χ0v) is 12.0. The van der Waals surface area contributed by atoms with E-state index in [1.165, 1.54) is 11.3 Å². The molecule has 2 nitrogen and oxygen atoms in total. The number of hydrogen-bond acceptors (Lipinski definition) is 2. The van der Waals surface area contributed by atoms with Crippen molar-refractivity contribution in [2.75, 3.05) is 18.9 Å². The third-order valence-corrected chi connectivity index (χ3v) is 4.31. The highest BCUT2D eigenvalue weighted by molar-refractivity contribution is 9.11. The number of halogens is 2. The van der Waals surface area contributed by atoms with Gasteiger partial charge in [-0.15, -0.1) is 11.3 Å². The zero-order valence-electron chi connectivity index (χ0n) is 8.01. The Bertz CT molecular complexity index is 318. The smallest absolute Gasteiger partial charge is 0.263 e. The van der Waals surface area contributed by atoms with E-state index in [1.807, 2.05) is 20.0 Å². The summed E-state index contributed by atoms with van der Waals surface area (Å²) < 4.78 is 1.04. The first-order chi connectivity index (χ1) is 6.56.